The van der Waals surface area contributed by atoms with Crippen LogP contribution in [0.5, 0.6) is 0 Å². The summed E-state index contributed by atoms with van der Waals surface area (Å²) < 4.78 is 0. The number of aliphatic hydroxyl groups excluding tert-OH is 1. The van der Waals surface area contributed by atoms with Crippen LogP contribution in [0.4, 0.5) is 0 Å². The standard InChI is InChI=1S/C10H10ClNO3/c11-8-5-7(3-1-2-4-13)6-12-9(8)10(14)15/h1,3,5-6,13H,2,4H2,(H,14,15). The molecule has 5 heteroatoms. The van der Waals surface area contributed by atoms with E-state index in [1.165, 1.54) is 12.3 Å². The molecule has 80 valence electrons. The Balaban J connectivity index is 2.87. The van der Waals surface area contributed by atoms with E-state index in [1.807, 2.05) is 0 Å². The first-order valence-corrected chi connectivity index (χ1v) is 4.69. The Morgan fingerprint density at radius 3 is 2.87 bits per heavy atom. The fourth-order valence-corrected chi connectivity index (χ4v) is 1.25. The molecule has 0 aliphatic rings. The molecule has 4 nitrogen and oxygen atoms in total. The SMILES string of the molecule is O=C(O)c1ncc(C=CCCO)cc1Cl. The number of aliphatic hydroxyl groups is 1. The van der Waals surface area contributed by atoms with Gasteiger partial charge in [-0.25, -0.2) is 9.78 Å². The summed E-state index contributed by atoms with van der Waals surface area (Å²) in [6.07, 6.45) is 5.44. The molecule has 1 heterocycles. The number of hydrogen-bond donors (Lipinski definition) is 2. The van der Waals surface area contributed by atoms with Crippen molar-refractivity contribution in [1.82, 2.24) is 4.98 Å². The van der Waals surface area contributed by atoms with E-state index in [9.17, 15) is 4.79 Å². The highest BCUT2D eigenvalue weighted by molar-refractivity contribution is 6.33. The largest absolute Gasteiger partial charge is 0.476 e. The predicted molar refractivity (Wildman–Crippen MR) is 56.9 cm³/mol. The average molecular weight is 228 g/mol. The van der Waals surface area contributed by atoms with Gasteiger partial charge in [-0.3, -0.25) is 0 Å². The van der Waals surface area contributed by atoms with Gasteiger partial charge in [0.1, 0.15) is 0 Å². The number of carboxylic acids is 1. The van der Waals surface area contributed by atoms with Gasteiger partial charge in [0, 0.05) is 12.8 Å². The zero-order valence-corrected chi connectivity index (χ0v) is 8.61. The maximum atomic E-state index is 10.6. The van der Waals surface area contributed by atoms with Crippen LogP contribution in [0.2, 0.25) is 5.02 Å². The van der Waals surface area contributed by atoms with E-state index in [0.717, 1.165) is 0 Å². The van der Waals surface area contributed by atoms with Crippen LogP contribution in [0, 0.1) is 0 Å². The second-order valence-electron chi connectivity index (χ2n) is 2.82. The van der Waals surface area contributed by atoms with Crippen LogP contribution in [-0.2, 0) is 0 Å². The Bertz CT molecular complexity index is 390. The molecule has 0 fully saturated rings. The Kier molecular flexibility index (Phi) is 4.27. The third-order valence-electron chi connectivity index (χ3n) is 1.67. The van der Waals surface area contributed by atoms with E-state index in [2.05, 4.69) is 4.98 Å². The molecule has 0 aliphatic carbocycles. The minimum Gasteiger partial charge on any atom is -0.476 e. The summed E-state index contributed by atoms with van der Waals surface area (Å²) >= 11 is 5.71. The fourth-order valence-electron chi connectivity index (χ4n) is 0.995. The second-order valence-corrected chi connectivity index (χ2v) is 3.23. The fraction of sp³-hybridized carbons (Fsp3) is 0.200. The summed E-state index contributed by atoms with van der Waals surface area (Å²) in [6, 6.07) is 1.52. The van der Waals surface area contributed by atoms with Crippen molar-refractivity contribution in [2.24, 2.45) is 0 Å². The van der Waals surface area contributed by atoms with E-state index in [-0.39, 0.29) is 17.3 Å². The number of hydrogen-bond acceptors (Lipinski definition) is 3. The molecule has 0 unspecified atom stereocenters. The van der Waals surface area contributed by atoms with Crippen LogP contribution < -0.4 is 0 Å². The summed E-state index contributed by atoms with van der Waals surface area (Å²) in [7, 11) is 0. The number of nitrogens with zero attached hydrogens (tertiary/aromatic N) is 1. The second kappa shape index (κ2) is 5.48. The third kappa shape index (κ3) is 3.34. The van der Waals surface area contributed by atoms with Gasteiger partial charge >= 0.3 is 5.97 Å². The number of pyridine rings is 1. The normalized spacial score (nSPS) is 10.8. The third-order valence-corrected chi connectivity index (χ3v) is 1.96. The van der Waals surface area contributed by atoms with Crippen molar-refractivity contribution in [3.8, 4) is 0 Å². The molecule has 2 N–H and O–H groups in total. The molecule has 0 radical (unpaired) electrons. The van der Waals surface area contributed by atoms with Gasteiger partial charge in [-0.15, -0.1) is 0 Å². The molecular weight excluding hydrogens is 218 g/mol. The predicted octanol–water partition coefficient (Wildman–Crippen LogP) is 1.83. The van der Waals surface area contributed by atoms with Crippen molar-refractivity contribution < 1.29 is 15.0 Å². The summed E-state index contributed by atoms with van der Waals surface area (Å²) in [4.78, 5) is 14.3. The van der Waals surface area contributed by atoms with Gasteiger partial charge in [0.05, 0.1) is 5.02 Å². The quantitative estimate of drug-likeness (QED) is 0.823. The molecule has 0 atom stereocenters. The minimum absolute atomic E-state index is 0.0743. The van der Waals surface area contributed by atoms with Gasteiger partial charge < -0.3 is 10.2 Å². The number of rotatable bonds is 4. The van der Waals surface area contributed by atoms with Crippen molar-refractivity contribution in [3.63, 3.8) is 0 Å². The first-order valence-electron chi connectivity index (χ1n) is 4.31. The number of carbonyl (C=O) groups is 1. The van der Waals surface area contributed by atoms with E-state index < -0.39 is 5.97 Å². The lowest BCUT2D eigenvalue weighted by Gasteiger charge is -1.98. The molecule has 0 saturated carbocycles. The zero-order valence-electron chi connectivity index (χ0n) is 7.85. The zero-order chi connectivity index (χ0) is 11.3. The van der Waals surface area contributed by atoms with Gasteiger partial charge in [-0.1, -0.05) is 23.8 Å². The van der Waals surface area contributed by atoms with Crippen molar-refractivity contribution in [3.05, 3.63) is 34.6 Å². The van der Waals surface area contributed by atoms with Gasteiger partial charge in [-0.05, 0) is 18.1 Å². The molecule has 0 amide bonds. The molecule has 0 aliphatic heterocycles. The Labute approximate surface area is 91.8 Å². The van der Waals surface area contributed by atoms with Gasteiger partial charge in [-0.2, -0.15) is 0 Å². The van der Waals surface area contributed by atoms with Crippen LogP contribution in [-0.4, -0.2) is 27.8 Å². The van der Waals surface area contributed by atoms with E-state index in [0.29, 0.717) is 12.0 Å². The Hall–Kier alpha value is -1.39. The Morgan fingerprint density at radius 1 is 1.60 bits per heavy atom. The van der Waals surface area contributed by atoms with Gasteiger partial charge in [0.25, 0.3) is 0 Å². The lowest BCUT2D eigenvalue weighted by molar-refractivity contribution is 0.0690. The molecule has 0 spiro atoms. The smallest absolute Gasteiger partial charge is 0.356 e. The van der Waals surface area contributed by atoms with E-state index >= 15 is 0 Å². The lowest BCUT2D eigenvalue weighted by atomic mass is 10.2. The number of aromatic nitrogens is 1. The highest BCUT2D eigenvalue weighted by Gasteiger charge is 2.09. The molecule has 1 aromatic rings. The topological polar surface area (TPSA) is 70.4 Å². The molecule has 15 heavy (non-hydrogen) atoms. The monoisotopic (exact) mass is 227 g/mol. The van der Waals surface area contributed by atoms with Crippen molar-refractivity contribution >= 4 is 23.6 Å². The Morgan fingerprint density at radius 2 is 2.33 bits per heavy atom. The molecule has 1 aromatic heterocycles. The van der Waals surface area contributed by atoms with E-state index in [4.69, 9.17) is 21.8 Å². The van der Waals surface area contributed by atoms with Crippen LogP contribution in [0.1, 0.15) is 22.5 Å². The number of halogens is 1. The number of carboxylic acid groups (broad SMARTS) is 1. The highest BCUT2D eigenvalue weighted by atomic mass is 35.5. The molecule has 0 saturated heterocycles. The highest BCUT2D eigenvalue weighted by Crippen LogP contribution is 2.16. The summed E-state index contributed by atoms with van der Waals surface area (Å²) in [6.45, 7) is 0.0743. The summed E-state index contributed by atoms with van der Waals surface area (Å²) in [5.41, 5.74) is 0.550. The molecule has 1 rings (SSSR count). The number of aromatic carboxylic acids is 1. The van der Waals surface area contributed by atoms with Crippen molar-refractivity contribution in [2.45, 2.75) is 6.42 Å². The van der Waals surface area contributed by atoms with Crippen molar-refractivity contribution in [1.29, 1.82) is 0 Å². The van der Waals surface area contributed by atoms with E-state index in [1.54, 1.807) is 12.2 Å². The van der Waals surface area contributed by atoms with Gasteiger partial charge in [0.15, 0.2) is 5.69 Å². The first-order chi connectivity index (χ1) is 7.15. The first kappa shape index (κ1) is 11.7. The minimum atomic E-state index is -1.15. The molecular formula is C10H10ClNO3. The average Bonchev–Trinajstić information content (AvgIpc) is 2.17. The van der Waals surface area contributed by atoms with Crippen LogP contribution in [0.25, 0.3) is 6.08 Å². The van der Waals surface area contributed by atoms with Gasteiger partial charge in [0.2, 0.25) is 0 Å². The maximum absolute atomic E-state index is 10.6. The summed E-state index contributed by atoms with van der Waals surface area (Å²) in [5, 5.41) is 17.3. The van der Waals surface area contributed by atoms with Crippen molar-refractivity contribution in [2.75, 3.05) is 6.61 Å². The van der Waals surface area contributed by atoms with Crippen LogP contribution in [0.3, 0.4) is 0 Å². The maximum Gasteiger partial charge on any atom is 0.356 e. The van der Waals surface area contributed by atoms with Crippen LogP contribution in [0.15, 0.2) is 18.3 Å². The lowest BCUT2D eigenvalue weighted by Crippen LogP contribution is -2.01. The summed E-state index contributed by atoms with van der Waals surface area (Å²) in [5.74, 6) is -1.15. The molecule has 0 aromatic carbocycles. The molecule has 0 bridgehead atoms. The van der Waals surface area contributed by atoms with Crippen LogP contribution >= 0.6 is 11.6 Å².